The molecule has 3 heterocycles. The van der Waals surface area contributed by atoms with E-state index in [1.54, 1.807) is 4.68 Å². The van der Waals surface area contributed by atoms with Gasteiger partial charge in [0.1, 0.15) is 0 Å². The lowest BCUT2D eigenvalue weighted by molar-refractivity contribution is 0.0944. The van der Waals surface area contributed by atoms with Crippen molar-refractivity contribution in [2.24, 2.45) is 7.05 Å². The first kappa shape index (κ1) is 24.1. The summed E-state index contributed by atoms with van der Waals surface area (Å²) < 4.78 is 1.77. The maximum atomic E-state index is 13.0. The van der Waals surface area contributed by atoms with E-state index in [4.69, 9.17) is 4.98 Å². The second-order valence-electron chi connectivity index (χ2n) is 10.00. The van der Waals surface area contributed by atoms with Crippen molar-refractivity contribution < 1.29 is 4.79 Å². The summed E-state index contributed by atoms with van der Waals surface area (Å²) in [5.41, 5.74) is 7.39. The van der Waals surface area contributed by atoms with Crippen molar-refractivity contribution >= 4 is 23.2 Å². The van der Waals surface area contributed by atoms with E-state index in [2.05, 4.69) is 61.8 Å². The highest BCUT2D eigenvalue weighted by molar-refractivity contribution is 5.96. The Balaban J connectivity index is 1.19. The standard InChI is InChI=1S/C29H32N8O/c1-35-14-16-37(17-15-35)23-11-9-22(10-12-23)32-29-31-19-21-8-13-24-26(34-36(2)27(24)25(21)33-29)28(38)30-18-20-6-4-3-5-7-20/h3-7,9-12,19H,8,13-18H2,1-2H3,(H,30,38)(H,31,32,33). The number of nitrogens with zero attached hydrogens (tertiary/aromatic N) is 6. The maximum Gasteiger partial charge on any atom is 0.272 e. The molecule has 4 aromatic rings. The van der Waals surface area contributed by atoms with Gasteiger partial charge in [-0.1, -0.05) is 30.3 Å². The Hall–Kier alpha value is -4.24. The lowest BCUT2D eigenvalue weighted by Crippen LogP contribution is -2.44. The summed E-state index contributed by atoms with van der Waals surface area (Å²) in [5.74, 6) is 0.363. The average Bonchev–Trinajstić information content (AvgIpc) is 3.30. The number of hydrogen-bond donors (Lipinski definition) is 2. The smallest absolute Gasteiger partial charge is 0.272 e. The molecule has 1 saturated heterocycles. The number of nitrogens with one attached hydrogen (secondary N) is 2. The molecule has 0 atom stereocenters. The van der Waals surface area contributed by atoms with Crippen molar-refractivity contribution in [2.45, 2.75) is 19.4 Å². The molecule has 0 saturated carbocycles. The zero-order chi connectivity index (χ0) is 26.1. The Labute approximate surface area is 222 Å². The van der Waals surface area contributed by atoms with Gasteiger partial charge in [-0.05, 0) is 55.3 Å². The van der Waals surface area contributed by atoms with Gasteiger partial charge >= 0.3 is 0 Å². The first-order valence-electron chi connectivity index (χ1n) is 13.1. The maximum absolute atomic E-state index is 13.0. The molecule has 9 nitrogen and oxygen atoms in total. The van der Waals surface area contributed by atoms with Crippen molar-refractivity contribution in [1.29, 1.82) is 0 Å². The minimum atomic E-state index is -0.165. The zero-order valence-corrected chi connectivity index (χ0v) is 21.8. The van der Waals surface area contributed by atoms with Crippen LogP contribution in [-0.2, 0) is 26.4 Å². The molecular formula is C29H32N8O. The van der Waals surface area contributed by atoms with Crippen molar-refractivity contribution in [2.75, 3.05) is 43.4 Å². The Morgan fingerprint density at radius 1 is 0.947 bits per heavy atom. The van der Waals surface area contributed by atoms with Crippen LogP contribution in [0.4, 0.5) is 17.3 Å². The predicted molar refractivity (Wildman–Crippen MR) is 149 cm³/mol. The summed E-state index contributed by atoms with van der Waals surface area (Å²) >= 11 is 0. The van der Waals surface area contributed by atoms with E-state index in [0.29, 0.717) is 18.2 Å². The van der Waals surface area contributed by atoms with Crippen LogP contribution in [-0.4, -0.2) is 63.8 Å². The number of carbonyl (C=O) groups is 1. The molecule has 6 rings (SSSR count). The van der Waals surface area contributed by atoms with E-state index in [9.17, 15) is 4.79 Å². The van der Waals surface area contributed by atoms with Crippen LogP contribution in [0.15, 0.2) is 60.8 Å². The van der Waals surface area contributed by atoms with Crippen LogP contribution in [0.2, 0.25) is 0 Å². The Morgan fingerprint density at radius 2 is 1.71 bits per heavy atom. The molecule has 2 aromatic heterocycles. The number of fused-ring (bicyclic) bond motifs is 3. The predicted octanol–water partition coefficient (Wildman–Crippen LogP) is 3.40. The topological polar surface area (TPSA) is 91.2 Å². The van der Waals surface area contributed by atoms with Crippen molar-refractivity contribution in [3.05, 3.63) is 83.2 Å². The van der Waals surface area contributed by atoms with Gasteiger partial charge < -0.3 is 20.4 Å². The van der Waals surface area contributed by atoms with Gasteiger partial charge in [-0.2, -0.15) is 5.10 Å². The Morgan fingerprint density at radius 3 is 2.47 bits per heavy atom. The van der Waals surface area contributed by atoms with Crippen molar-refractivity contribution in [1.82, 2.24) is 30.0 Å². The molecule has 1 amide bonds. The minimum absolute atomic E-state index is 0.165. The minimum Gasteiger partial charge on any atom is -0.369 e. The third-order valence-electron chi connectivity index (χ3n) is 7.38. The van der Waals surface area contributed by atoms with Crippen LogP contribution >= 0.6 is 0 Å². The third kappa shape index (κ3) is 4.84. The summed E-state index contributed by atoms with van der Waals surface area (Å²) in [6.45, 7) is 4.70. The molecule has 0 unspecified atom stereocenters. The number of benzene rings is 2. The van der Waals surface area contributed by atoms with Crippen LogP contribution in [0.1, 0.15) is 27.2 Å². The number of hydrogen-bond acceptors (Lipinski definition) is 7. The number of anilines is 3. The molecule has 1 aliphatic heterocycles. The fourth-order valence-corrected chi connectivity index (χ4v) is 5.21. The first-order chi connectivity index (χ1) is 18.5. The number of amides is 1. The van der Waals surface area contributed by atoms with Gasteiger partial charge in [0.05, 0.1) is 11.4 Å². The normalized spacial score (nSPS) is 15.1. The van der Waals surface area contributed by atoms with Gasteiger partial charge in [0.2, 0.25) is 5.95 Å². The van der Waals surface area contributed by atoms with Gasteiger partial charge in [0.15, 0.2) is 5.69 Å². The van der Waals surface area contributed by atoms with Gasteiger partial charge in [-0.3, -0.25) is 9.48 Å². The second kappa shape index (κ2) is 10.3. The molecule has 1 aliphatic carbocycles. The lowest BCUT2D eigenvalue weighted by atomic mass is 9.93. The van der Waals surface area contributed by atoms with E-state index < -0.39 is 0 Å². The van der Waals surface area contributed by atoms with E-state index in [0.717, 1.165) is 72.8 Å². The summed E-state index contributed by atoms with van der Waals surface area (Å²) in [6, 6.07) is 18.3. The fraction of sp³-hybridized carbons (Fsp3) is 0.310. The number of piperazine rings is 1. The second-order valence-corrected chi connectivity index (χ2v) is 10.00. The van der Waals surface area contributed by atoms with E-state index in [1.165, 1.54) is 5.69 Å². The summed E-state index contributed by atoms with van der Waals surface area (Å²) in [5, 5.41) is 11.0. The molecule has 38 heavy (non-hydrogen) atoms. The Bertz CT molecular complexity index is 1440. The van der Waals surface area contributed by atoms with Crippen molar-refractivity contribution in [3.8, 4) is 11.4 Å². The highest BCUT2D eigenvalue weighted by Crippen LogP contribution is 2.34. The van der Waals surface area contributed by atoms with Gasteiger partial charge in [-0.25, -0.2) is 9.97 Å². The highest BCUT2D eigenvalue weighted by Gasteiger charge is 2.29. The van der Waals surface area contributed by atoms with Crippen molar-refractivity contribution in [3.63, 3.8) is 0 Å². The molecule has 2 aromatic carbocycles. The van der Waals surface area contributed by atoms with E-state index >= 15 is 0 Å². The fourth-order valence-electron chi connectivity index (χ4n) is 5.21. The van der Waals surface area contributed by atoms with Crippen LogP contribution < -0.4 is 15.5 Å². The van der Waals surface area contributed by atoms with E-state index in [-0.39, 0.29) is 5.91 Å². The number of aromatic nitrogens is 4. The summed E-state index contributed by atoms with van der Waals surface area (Å²) in [6.07, 6.45) is 3.38. The van der Waals surface area contributed by atoms with Crippen LogP contribution in [0, 0.1) is 0 Å². The SMILES string of the molecule is CN1CCN(c2ccc(Nc3ncc4c(n3)-c3c(c(C(=O)NCc5ccccc5)nn3C)CC4)cc2)CC1. The molecule has 1 fully saturated rings. The molecule has 194 valence electrons. The molecule has 0 radical (unpaired) electrons. The molecule has 2 N–H and O–H groups in total. The Kier molecular flexibility index (Phi) is 6.51. The van der Waals surface area contributed by atoms with E-state index in [1.807, 2.05) is 43.6 Å². The molecule has 2 aliphatic rings. The first-order valence-corrected chi connectivity index (χ1v) is 13.1. The highest BCUT2D eigenvalue weighted by atomic mass is 16.1. The molecule has 9 heteroatoms. The number of rotatable bonds is 6. The van der Waals surface area contributed by atoms with Gasteiger partial charge in [0, 0.05) is 62.9 Å². The number of aryl methyl sites for hydroxylation is 2. The zero-order valence-electron chi connectivity index (χ0n) is 21.8. The lowest BCUT2D eigenvalue weighted by Gasteiger charge is -2.34. The molecule has 0 spiro atoms. The largest absolute Gasteiger partial charge is 0.369 e. The van der Waals surface area contributed by atoms with Crippen LogP contribution in [0.3, 0.4) is 0 Å². The summed E-state index contributed by atoms with van der Waals surface area (Å²) in [4.78, 5) is 27.2. The molecular weight excluding hydrogens is 476 g/mol. The third-order valence-corrected chi connectivity index (χ3v) is 7.38. The molecule has 0 bridgehead atoms. The number of carbonyl (C=O) groups excluding carboxylic acids is 1. The van der Waals surface area contributed by atoms with Gasteiger partial charge in [-0.15, -0.1) is 0 Å². The number of likely N-dealkylation sites (N-methyl/N-ethyl adjacent to an activating group) is 1. The van der Waals surface area contributed by atoms with Gasteiger partial charge in [0.25, 0.3) is 5.91 Å². The monoisotopic (exact) mass is 508 g/mol. The average molecular weight is 509 g/mol. The summed E-state index contributed by atoms with van der Waals surface area (Å²) in [7, 11) is 4.03. The quantitative estimate of drug-likeness (QED) is 0.413. The van der Waals surface area contributed by atoms with Crippen LogP contribution in [0.25, 0.3) is 11.4 Å². The van der Waals surface area contributed by atoms with Crippen LogP contribution in [0.5, 0.6) is 0 Å².